The SMILES string of the molecule is O=c1[nH]n(C2CCSCC2)c2c1CNC2. The Bertz CT molecular complexity index is 417. The van der Waals surface area contributed by atoms with Crippen molar-refractivity contribution in [2.24, 2.45) is 0 Å². The van der Waals surface area contributed by atoms with Crippen LogP contribution in [0.3, 0.4) is 0 Å². The molecule has 0 bridgehead atoms. The van der Waals surface area contributed by atoms with Crippen LogP contribution in [0.2, 0.25) is 0 Å². The van der Waals surface area contributed by atoms with Gasteiger partial charge in [-0.05, 0) is 24.3 Å². The van der Waals surface area contributed by atoms with Crippen molar-refractivity contribution in [3.8, 4) is 0 Å². The summed E-state index contributed by atoms with van der Waals surface area (Å²) in [6.07, 6.45) is 2.36. The summed E-state index contributed by atoms with van der Waals surface area (Å²) in [6, 6.07) is 0.516. The van der Waals surface area contributed by atoms with E-state index in [1.54, 1.807) is 0 Å². The van der Waals surface area contributed by atoms with Crippen LogP contribution in [0.15, 0.2) is 4.79 Å². The third-order valence-electron chi connectivity index (χ3n) is 3.29. The van der Waals surface area contributed by atoms with Crippen LogP contribution < -0.4 is 10.9 Å². The number of nitrogens with zero attached hydrogens (tertiary/aromatic N) is 1. The molecule has 0 aliphatic carbocycles. The summed E-state index contributed by atoms with van der Waals surface area (Å²) < 4.78 is 2.12. The zero-order chi connectivity index (χ0) is 10.3. The number of hydrogen-bond acceptors (Lipinski definition) is 3. The highest BCUT2D eigenvalue weighted by atomic mass is 32.2. The molecule has 1 aromatic heterocycles. The van der Waals surface area contributed by atoms with Crippen LogP contribution in [0, 0.1) is 0 Å². The zero-order valence-electron chi connectivity index (χ0n) is 8.58. The van der Waals surface area contributed by atoms with E-state index in [-0.39, 0.29) is 5.56 Å². The predicted octanol–water partition coefficient (Wildman–Crippen LogP) is 0.848. The van der Waals surface area contributed by atoms with Gasteiger partial charge in [-0.25, -0.2) is 0 Å². The van der Waals surface area contributed by atoms with Gasteiger partial charge in [0.1, 0.15) is 0 Å². The summed E-state index contributed by atoms with van der Waals surface area (Å²) in [4.78, 5) is 11.7. The smallest absolute Gasteiger partial charge is 0.268 e. The van der Waals surface area contributed by atoms with Crippen molar-refractivity contribution in [3.05, 3.63) is 21.6 Å². The van der Waals surface area contributed by atoms with Gasteiger partial charge in [0.2, 0.25) is 0 Å². The average Bonchev–Trinajstić information content (AvgIpc) is 2.84. The summed E-state index contributed by atoms with van der Waals surface area (Å²) >= 11 is 2.01. The van der Waals surface area contributed by atoms with E-state index in [0.717, 1.165) is 18.7 Å². The zero-order valence-corrected chi connectivity index (χ0v) is 9.40. The van der Waals surface area contributed by atoms with E-state index in [4.69, 9.17) is 0 Å². The molecular formula is C10H15N3OS. The Hall–Kier alpha value is -0.680. The second-order valence-electron chi connectivity index (χ2n) is 4.18. The lowest BCUT2D eigenvalue weighted by molar-refractivity contribution is 0.409. The molecular weight excluding hydrogens is 210 g/mol. The van der Waals surface area contributed by atoms with Gasteiger partial charge >= 0.3 is 0 Å². The molecule has 5 heteroatoms. The van der Waals surface area contributed by atoms with E-state index in [9.17, 15) is 4.79 Å². The Balaban J connectivity index is 1.97. The van der Waals surface area contributed by atoms with Crippen LogP contribution in [0.1, 0.15) is 30.1 Å². The summed E-state index contributed by atoms with van der Waals surface area (Å²) in [7, 11) is 0. The lowest BCUT2D eigenvalue weighted by Gasteiger charge is -2.23. The van der Waals surface area contributed by atoms with Crippen molar-refractivity contribution >= 4 is 11.8 Å². The Morgan fingerprint density at radius 3 is 2.87 bits per heavy atom. The molecule has 1 aromatic rings. The Kier molecular flexibility index (Phi) is 2.36. The molecule has 1 fully saturated rings. The minimum Gasteiger partial charge on any atom is -0.307 e. The van der Waals surface area contributed by atoms with Crippen LogP contribution in [-0.2, 0) is 13.1 Å². The maximum absolute atomic E-state index is 11.7. The average molecular weight is 225 g/mol. The van der Waals surface area contributed by atoms with E-state index < -0.39 is 0 Å². The standard InChI is InChI=1S/C10H15N3OS/c14-10-8-5-11-6-9(8)13(12-10)7-1-3-15-4-2-7/h7,11H,1-6H2,(H,12,14). The van der Waals surface area contributed by atoms with E-state index in [1.165, 1.54) is 30.0 Å². The molecule has 0 radical (unpaired) electrons. The normalized spacial score (nSPS) is 21.9. The van der Waals surface area contributed by atoms with Crippen molar-refractivity contribution in [1.29, 1.82) is 0 Å². The second-order valence-corrected chi connectivity index (χ2v) is 5.41. The third-order valence-corrected chi connectivity index (χ3v) is 4.33. The molecule has 0 amide bonds. The Labute approximate surface area is 92.4 Å². The fraction of sp³-hybridized carbons (Fsp3) is 0.700. The first-order valence-corrected chi connectivity index (χ1v) is 6.62. The van der Waals surface area contributed by atoms with Crippen LogP contribution in [0.5, 0.6) is 0 Å². The topological polar surface area (TPSA) is 49.8 Å². The van der Waals surface area contributed by atoms with Gasteiger partial charge in [0.25, 0.3) is 5.56 Å². The molecule has 3 rings (SSSR count). The van der Waals surface area contributed by atoms with Gasteiger partial charge in [-0.15, -0.1) is 0 Å². The molecule has 82 valence electrons. The van der Waals surface area contributed by atoms with Gasteiger partial charge in [0.15, 0.2) is 0 Å². The summed E-state index contributed by atoms with van der Waals surface area (Å²) in [5, 5.41) is 6.24. The van der Waals surface area contributed by atoms with Crippen molar-refractivity contribution < 1.29 is 0 Å². The molecule has 0 aromatic carbocycles. The highest BCUT2D eigenvalue weighted by Gasteiger charge is 2.24. The molecule has 15 heavy (non-hydrogen) atoms. The number of aromatic amines is 1. The van der Waals surface area contributed by atoms with Gasteiger partial charge in [-0.1, -0.05) is 0 Å². The molecule has 4 nitrogen and oxygen atoms in total. The van der Waals surface area contributed by atoms with Gasteiger partial charge in [0.05, 0.1) is 17.3 Å². The highest BCUT2D eigenvalue weighted by molar-refractivity contribution is 7.99. The van der Waals surface area contributed by atoms with E-state index in [0.29, 0.717) is 6.04 Å². The summed E-state index contributed by atoms with van der Waals surface area (Å²) in [5.41, 5.74) is 2.25. The third kappa shape index (κ3) is 1.54. The quantitative estimate of drug-likeness (QED) is 0.745. The molecule has 0 saturated carbocycles. The molecule has 2 aliphatic rings. The fourth-order valence-corrected chi connectivity index (χ4v) is 3.54. The molecule has 0 spiro atoms. The van der Waals surface area contributed by atoms with Crippen LogP contribution in [0.4, 0.5) is 0 Å². The number of H-pyrrole nitrogens is 1. The summed E-state index contributed by atoms with van der Waals surface area (Å²) in [6.45, 7) is 1.58. The van der Waals surface area contributed by atoms with Gasteiger partial charge < -0.3 is 5.32 Å². The number of hydrogen-bond donors (Lipinski definition) is 2. The lowest BCUT2D eigenvalue weighted by atomic mass is 10.1. The summed E-state index contributed by atoms with van der Waals surface area (Å²) in [5.74, 6) is 2.43. The molecule has 0 unspecified atom stereocenters. The maximum atomic E-state index is 11.7. The number of rotatable bonds is 1. The van der Waals surface area contributed by atoms with Gasteiger partial charge in [0, 0.05) is 13.1 Å². The van der Waals surface area contributed by atoms with Gasteiger partial charge in [-0.3, -0.25) is 14.6 Å². The monoisotopic (exact) mass is 225 g/mol. The van der Waals surface area contributed by atoms with Crippen molar-refractivity contribution in [2.75, 3.05) is 11.5 Å². The molecule has 2 aliphatic heterocycles. The van der Waals surface area contributed by atoms with Crippen LogP contribution in [-0.4, -0.2) is 21.3 Å². The predicted molar refractivity (Wildman–Crippen MR) is 61.2 cm³/mol. The highest BCUT2D eigenvalue weighted by Crippen LogP contribution is 2.28. The van der Waals surface area contributed by atoms with Crippen molar-refractivity contribution in [2.45, 2.75) is 32.0 Å². The number of fused-ring (bicyclic) bond motifs is 1. The van der Waals surface area contributed by atoms with Crippen molar-refractivity contribution in [1.82, 2.24) is 15.1 Å². The minimum atomic E-state index is 0.105. The first-order chi connectivity index (χ1) is 7.36. The fourth-order valence-electron chi connectivity index (χ4n) is 2.46. The number of nitrogens with one attached hydrogen (secondary N) is 2. The first kappa shape index (κ1) is 9.54. The van der Waals surface area contributed by atoms with E-state index in [2.05, 4.69) is 15.1 Å². The van der Waals surface area contributed by atoms with Gasteiger partial charge in [-0.2, -0.15) is 11.8 Å². The van der Waals surface area contributed by atoms with E-state index >= 15 is 0 Å². The molecule has 1 saturated heterocycles. The number of aromatic nitrogens is 2. The number of thioether (sulfide) groups is 1. The van der Waals surface area contributed by atoms with Crippen LogP contribution >= 0.6 is 11.8 Å². The first-order valence-electron chi connectivity index (χ1n) is 5.47. The molecule has 2 N–H and O–H groups in total. The lowest BCUT2D eigenvalue weighted by Crippen LogP contribution is -2.21. The molecule has 3 heterocycles. The minimum absolute atomic E-state index is 0.105. The molecule has 0 atom stereocenters. The van der Waals surface area contributed by atoms with Crippen LogP contribution in [0.25, 0.3) is 0 Å². The maximum Gasteiger partial charge on any atom is 0.268 e. The second kappa shape index (κ2) is 3.72. The largest absolute Gasteiger partial charge is 0.307 e. The Morgan fingerprint density at radius 2 is 2.07 bits per heavy atom. The van der Waals surface area contributed by atoms with E-state index in [1.807, 2.05) is 11.8 Å². The Morgan fingerprint density at radius 1 is 1.27 bits per heavy atom. The van der Waals surface area contributed by atoms with Crippen molar-refractivity contribution in [3.63, 3.8) is 0 Å².